The molecule has 6 heteroatoms. The molecule has 0 aliphatic carbocycles. The van der Waals surface area contributed by atoms with Crippen LogP contribution in [-0.2, 0) is 11.3 Å². The highest BCUT2D eigenvalue weighted by Gasteiger charge is 2.11. The number of nitrogens with zero attached hydrogens (tertiary/aromatic N) is 3. The van der Waals surface area contributed by atoms with Crippen LogP contribution < -0.4 is 5.32 Å². The van der Waals surface area contributed by atoms with Gasteiger partial charge in [-0.25, -0.2) is 9.67 Å². The standard InChI is InChI=1S/C13H18N4OS/c1-9(12-5-4-8-19-12)14-13(18)6-7-17-11(3)15-10(2)16-17/h4-5,8-9H,6-7H2,1-3H3,(H,14,18). The van der Waals surface area contributed by atoms with Crippen LogP contribution in [0.3, 0.4) is 0 Å². The molecule has 2 aromatic heterocycles. The van der Waals surface area contributed by atoms with Crippen LogP contribution in [0.5, 0.6) is 0 Å². The molecule has 0 aliphatic heterocycles. The molecule has 2 rings (SSSR count). The number of aromatic nitrogens is 3. The lowest BCUT2D eigenvalue weighted by Gasteiger charge is -2.12. The third kappa shape index (κ3) is 3.64. The molecule has 0 saturated heterocycles. The third-order valence-corrected chi connectivity index (χ3v) is 3.92. The number of amides is 1. The fourth-order valence-electron chi connectivity index (χ4n) is 1.90. The van der Waals surface area contributed by atoms with Gasteiger partial charge in [0.15, 0.2) is 0 Å². The maximum Gasteiger partial charge on any atom is 0.222 e. The molecule has 1 atom stereocenters. The van der Waals surface area contributed by atoms with E-state index in [0.717, 1.165) is 11.6 Å². The summed E-state index contributed by atoms with van der Waals surface area (Å²) in [6.07, 6.45) is 0.416. The maximum absolute atomic E-state index is 11.9. The first kappa shape index (κ1) is 13.7. The van der Waals surface area contributed by atoms with Gasteiger partial charge in [-0.1, -0.05) is 6.07 Å². The van der Waals surface area contributed by atoms with Crippen molar-refractivity contribution in [3.05, 3.63) is 34.0 Å². The third-order valence-electron chi connectivity index (χ3n) is 2.86. The van der Waals surface area contributed by atoms with Crippen molar-refractivity contribution in [1.29, 1.82) is 0 Å². The topological polar surface area (TPSA) is 59.8 Å². The summed E-state index contributed by atoms with van der Waals surface area (Å²) in [7, 11) is 0. The minimum atomic E-state index is 0.0356. The molecule has 1 N–H and O–H groups in total. The molecule has 0 bridgehead atoms. The van der Waals surface area contributed by atoms with Crippen LogP contribution in [-0.4, -0.2) is 20.7 Å². The van der Waals surface area contributed by atoms with E-state index < -0.39 is 0 Å². The first-order chi connectivity index (χ1) is 9.06. The Morgan fingerprint density at radius 2 is 2.32 bits per heavy atom. The molecule has 102 valence electrons. The summed E-state index contributed by atoms with van der Waals surface area (Å²) < 4.78 is 1.77. The highest BCUT2D eigenvalue weighted by molar-refractivity contribution is 7.10. The largest absolute Gasteiger partial charge is 0.349 e. The Kier molecular flexibility index (Phi) is 4.31. The quantitative estimate of drug-likeness (QED) is 0.912. The lowest BCUT2D eigenvalue weighted by atomic mass is 10.2. The molecule has 0 aromatic carbocycles. The second-order valence-corrected chi connectivity index (χ2v) is 5.46. The Balaban J connectivity index is 1.83. The van der Waals surface area contributed by atoms with Crippen LogP contribution in [0.15, 0.2) is 17.5 Å². The first-order valence-corrected chi connectivity index (χ1v) is 7.15. The van der Waals surface area contributed by atoms with E-state index in [1.807, 2.05) is 38.3 Å². The summed E-state index contributed by atoms with van der Waals surface area (Å²) in [6, 6.07) is 4.08. The van der Waals surface area contributed by atoms with Crippen LogP contribution in [0, 0.1) is 13.8 Å². The average molecular weight is 278 g/mol. The Labute approximate surface area is 116 Å². The van der Waals surface area contributed by atoms with E-state index in [9.17, 15) is 4.79 Å². The number of hydrogen-bond acceptors (Lipinski definition) is 4. The van der Waals surface area contributed by atoms with Gasteiger partial charge in [-0.05, 0) is 32.2 Å². The maximum atomic E-state index is 11.9. The molecule has 0 aliphatic rings. The summed E-state index contributed by atoms with van der Waals surface area (Å²) in [4.78, 5) is 17.3. The first-order valence-electron chi connectivity index (χ1n) is 6.27. The lowest BCUT2D eigenvalue weighted by molar-refractivity contribution is -0.122. The molecular formula is C13H18N4OS. The molecule has 2 heterocycles. The van der Waals surface area contributed by atoms with Gasteiger partial charge in [0.1, 0.15) is 11.6 Å². The Morgan fingerprint density at radius 1 is 1.53 bits per heavy atom. The number of aryl methyl sites for hydroxylation is 3. The molecule has 1 unspecified atom stereocenters. The zero-order chi connectivity index (χ0) is 13.8. The van der Waals surface area contributed by atoms with E-state index in [0.29, 0.717) is 13.0 Å². The van der Waals surface area contributed by atoms with Crippen molar-refractivity contribution >= 4 is 17.2 Å². The van der Waals surface area contributed by atoms with Crippen molar-refractivity contribution in [2.45, 2.75) is 39.8 Å². The van der Waals surface area contributed by atoms with Crippen LogP contribution in [0.4, 0.5) is 0 Å². The average Bonchev–Trinajstić information content (AvgIpc) is 2.96. The fraction of sp³-hybridized carbons (Fsp3) is 0.462. The number of nitrogens with one attached hydrogen (secondary N) is 1. The SMILES string of the molecule is Cc1nc(C)n(CCC(=O)NC(C)c2cccs2)n1. The van der Waals surface area contributed by atoms with Gasteiger partial charge in [0, 0.05) is 11.3 Å². The zero-order valence-corrected chi connectivity index (χ0v) is 12.2. The van der Waals surface area contributed by atoms with E-state index in [1.165, 1.54) is 4.88 Å². The molecule has 5 nitrogen and oxygen atoms in total. The molecule has 19 heavy (non-hydrogen) atoms. The number of carbonyl (C=O) groups is 1. The minimum absolute atomic E-state index is 0.0356. The van der Waals surface area contributed by atoms with Gasteiger partial charge >= 0.3 is 0 Å². The van der Waals surface area contributed by atoms with Gasteiger partial charge < -0.3 is 5.32 Å². The molecule has 0 radical (unpaired) electrons. The van der Waals surface area contributed by atoms with Crippen molar-refractivity contribution < 1.29 is 4.79 Å². The Bertz CT molecular complexity index is 547. The van der Waals surface area contributed by atoms with Gasteiger partial charge in [0.25, 0.3) is 0 Å². The van der Waals surface area contributed by atoms with Gasteiger partial charge in [0.2, 0.25) is 5.91 Å². The van der Waals surface area contributed by atoms with Crippen molar-refractivity contribution in [3.8, 4) is 0 Å². The predicted octanol–water partition coefficient (Wildman–Crippen LogP) is 2.22. The Morgan fingerprint density at radius 3 is 2.89 bits per heavy atom. The number of rotatable bonds is 5. The van der Waals surface area contributed by atoms with Crippen molar-refractivity contribution in [1.82, 2.24) is 20.1 Å². The van der Waals surface area contributed by atoms with E-state index in [4.69, 9.17) is 0 Å². The normalized spacial score (nSPS) is 12.4. The fourth-order valence-corrected chi connectivity index (χ4v) is 2.64. The second-order valence-electron chi connectivity index (χ2n) is 4.48. The highest BCUT2D eigenvalue weighted by Crippen LogP contribution is 2.18. The van der Waals surface area contributed by atoms with E-state index in [-0.39, 0.29) is 11.9 Å². The Hall–Kier alpha value is -1.69. The molecule has 0 fully saturated rings. The van der Waals surface area contributed by atoms with E-state index in [2.05, 4.69) is 15.4 Å². The van der Waals surface area contributed by atoms with Crippen LogP contribution in [0.2, 0.25) is 0 Å². The van der Waals surface area contributed by atoms with Crippen molar-refractivity contribution in [3.63, 3.8) is 0 Å². The monoisotopic (exact) mass is 278 g/mol. The molecular weight excluding hydrogens is 260 g/mol. The number of carbonyl (C=O) groups excluding carboxylic acids is 1. The van der Waals surface area contributed by atoms with Crippen LogP contribution >= 0.6 is 11.3 Å². The van der Waals surface area contributed by atoms with E-state index >= 15 is 0 Å². The molecule has 0 spiro atoms. The minimum Gasteiger partial charge on any atom is -0.349 e. The van der Waals surface area contributed by atoms with Crippen molar-refractivity contribution in [2.24, 2.45) is 0 Å². The summed E-state index contributed by atoms with van der Waals surface area (Å²) in [5, 5.41) is 9.24. The highest BCUT2D eigenvalue weighted by atomic mass is 32.1. The van der Waals surface area contributed by atoms with Gasteiger partial charge in [-0.2, -0.15) is 5.10 Å². The van der Waals surface area contributed by atoms with Gasteiger partial charge in [0.05, 0.1) is 12.6 Å². The summed E-state index contributed by atoms with van der Waals surface area (Å²) in [6.45, 7) is 6.30. The van der Waals surface area contributed by atoms with Gasteiger partial charge in [-0.3, -0.25) is 4.79 Å². The number of thiophene rings is 1. The zero-order valence-electron chi connectivity index (χ0n) is 11.4. The van der Waals surface area contributed by atoms with E-state index in [1.54, 1.807) is 16.0 Å². The summed E-state index contributed by atoms with van der Waals surface area (Å²) in [5.41, 5.74) is 0. The van der Waals surface area contributed by atoms with Crippen LogP contribution in [0.25, 0.3) is 0 Å². The lowest BCUT2D eigenvalue weighted by Crippen LogP contribution is -2.27. The predicted molar refractivity (Wildman–Crippen MR) is 75.0 cm³/mol. The molecule has 0 saturated carbocycles. The molecule has 1 amide bonds. The van der Waals surface area contributed by atoms with Crippen molar-refractivity contribution in [2.75, 3.05) is 0 Å². The number of hydrogen-bond donors (Lipinski definition) is 1. The summed E-state index contributed by atoms with van der Waals surface area (Å²) >= 11 is 1.65. The molecule has 2 aromatic rings. The summed E-state index contributed by atoms with van der Waals surface area (Å²) in [5.74, 6) is 1.62. The smallest absolute Gasteiger partial charge is 0.222 e. The van der Waals surface area contributed by atoms with Crippen LogP contribution in [0.1, 0.15) is 35.9 Å². The van der Waals surface area contributed by atoms with Gasteiger partial charge in [-0.15, -0.1) is 11.3 Å². The second kappa shape index (κ2) is 5.97.